The number of ether oxygens (including phenoxy) is 1. The van der Waals surface area contributed by atoms with Crippen LogP contribution in [0.1, 0.15) is 48.4 Å². The number of piperidine rings is 1. The Kier molecular flexibility index (Phi) is 8.05. The Bertz CT molecular complexity index is 1210. The van der Waals surface area contributed by atoms with Gasteiger partial charge in [0.2, 0.25) is 15.9 Å². The number of anilines is 1. The summed E-state index contributed by atoms with van der Waals surface area (Å²) in [5.41, 5.74) is 1.34. The number of nitrogens with one attached hydrogen (secondary N) is 1. The zero-order chi connectivity index (χ0) is 25.2. The molecule has 1 amide bonds. The van der Waals surface area contributed by atoms with Crippen LogP contribution in [-0.2, 0) is 26.1 Å². The molecule has 0 spiro atoms. The minimum absolute atomic E-state index is 0.0359. The molecule has 2 aromatic rings. The minimum Gasteiger partial charge on any atom is -0.462 e. The maximum atomic E-state index is 13.7. The van der Waals surface area contributed by atoms with Gasteiger partial charge < -0.3 is 14.6 Å². The largest absolute Gasteiger partial charge is 0.462 e. The average molecular weight is 514 g/mol. The van der Waals surface area contributed by atoms with Crippen molar-refractivity contribution in [3.05, 3.63) is 46.0 Å². The first-order valence-electron chi connectivity index (χ1n) is 11.2. The highest BCUT2D eigenvalue weighted by molar-refractivity contribution is 7.89. The third-order valence-electron chi connectivity index (χ3n) is 6.06. The van der Waals surface area contributed by atoms with Crippen molar-refractivity contribution in [1.29, 1.82) is 0 Å². The number of amides is 1. The zero-order valence-electron chi connectivity index (χ0n) is 19.7. The van der Waals surface area contributed by atoms with Crippen LogP contribution in [0.4, 0.5) is 10.1 Å². The van der Waals surface area contributed by atoms with E-state index < -0.39 is 27.7 Å². The van der Waals surface area contributed by atoms with Crippen LogP contribution in [0.25, 0.3) is 0 Å². The Labute approximate surface area is 204 Å². The van der Waals surface area contributed by atoms with E-state index in [2.05, 4.69) is 5.32 Å². The van der Waals surface area contributed by atoms with Crippen LogP contribution < -0.4 is 5.32 Å². The fourth-order valence-corrected chi connectivity index (χ4v) is 6.57. The highest BCUT2D eigenvalue weighted by Crippen LogP contribution is 2.33. The molecule has 3 rings (SSSR count). The number of benzene rings is 1. The molecule has 0 saturated carbocycles. The van der Waals surface area contributed by atoms with Crippen LogP contribution >= 0.6 is 11.6 Å². The predicted molar refractivity (Wildman–Crippen MR) is 127 cm³/mol. The lowest BCUT2D eigenvalue weighted by atomic mass is 9.99. The monoisotopic (exact) mass is 513 g/mol. The number of carbonyl (C=O) groups is 2. The van der Waals surface area contributed by atoms with Gasteiger partial charge in [-0.25, -0.2) is 17.6 Å². The first-order valence-corrected chi connectivity index (χ1v) is 13.0. The van der Waals surface area contributed by atoms with E-state index in [1.54, 1.807) is 25.3 Å². The topological polar surface area (TPSA) is 97.7 Å². The highest BCUT2D eigenvalue weighted by atomic mass is 35.5. The van der Waals surface area contributed by atoms with Crippen molar-refractivity contribution in [3.63, 3.8) is 0 Å². The lowest BCUT2D eigenvalue weighted by molar-refractivity contribution is -0.120. The van der Waals surface area contributed by atoms with Crippen molar-refractivity contribution in [1.82, 2.24) is 8.87 Å². The van der Waals surface area contributed by atoms with E-state index in [1.165, 1.54) is 16.4 Å². The minimum atomic E-state index is -4.09. The molecule has 34 heavy (non-hydrogen) atoms. The number of hydrogen-bond donors (Lipinski definition) is 1. The van der Waals surface area contributed by atoms with Crippen molar-refractivity contribution < 1.29 is 27.1 Å². The number of sulfonamides is 1. The predicted octanol–water partition coefficient (Wildman–Crippen LogP) is 4.13. The van der Waals surface area contributed by atoms with E-state index in [9.17, 15) is 22.4 Å². The summed E-state index contributed by atoms with van der Waals surface area (Å²) < 4.78 is 49.1. The Morgan fingerprint density at radius 3 is 2.56 bits per heavy atom. The van der Waals surface area contributed by atoms with Crippen molar-refractivity contribution in [2.45, 2.75) is 52.0 Å². The first kappa shape index (κ1) is 26.2. The van der Waals surface area contributed by atoms with Gasteiger partial charge in [0.05, 0.1) is 17.5 Å². The normalized spacial score (nSPS) is 16.9. The Hall–Kier alpha value is -2.43. The van der Waals surface area contributed by atoms with E-state index in [-0.39, 0.29) is 41.1 Å². The van der Waals surface area contributed by atoms with Gasteiger partial charge in [0.25, 0.3) is 0 Å². The second-order valence-corrected chi connectivity index (χ2v) is 10.4. The molecule has 1 N–H and O–H groups in total. The molecule has 0 aliphatic carbocycles. The summed E-state index contributed by atoms with van der Waals surface area (Å²) in [5.74, 6) is -2.29. The maximum absolute atomic E-state index is 13.7. The molecule has 1 aliphatic heterocycles. The second kappa shape index (κ2) is 10.5. The molecule has 1 fully saturated rings. The number of rotatable bonds is 7. The van der Waals surface area contributed by atoms with E-state index in [0.717, 1.165) is 6.07 Å². The number of aromatic nitrogens is 1. The Morgan fingerprint density at radius 1 is 1.24 bits per heavy atom. The van der Waals surface area contributed by atoms with E-state index in [1.807, 2.05) is 6.92 Å². The standard InChI is InChI=1S/C23H29ClFN3O5S/c1-5-28-14(3)20(23(30)33-6-2)21(15(28)4)34(31,32)27-11-7-8-16(13-27)22(29)26-17-9-10-19(25)18(24)12-17/h9-10,12,16H,5-8,11,13H2,1-4H3,(H,26,29)/t16-/m1/s1. The van der Waals surface area contributed by atoms with Gasteiger partial charge in [0, 0.05) is 36.7 Å². The lowest BCUT2D eigenvalue weighted by Crippen LogP contribution is -2.44. The van der Waals surface area contributed by atoms with Crippen LogP contribution in [0.2, 0.25) is 5.02 Å². The van der Waals surface area contributed by atoms with Crippen molar-refractivity contribution in [2.24, 2.45) is 5.92 Å². The molecule has 0 radical (unpaired) electrons. The summed E-state index contributed by atoms with van der Waals surface area (Å²) in [4.78, 5) is 25.5. The molecular formula is C23H29ClFN3O5S. The van der Waals surface area contributed by atoms with Gasteiger partial charge in [-0.15, -0.1) is 0 Å². The number of halogens is 2. The second-order valence-electron chi connectivity index (χ2n) is 8.16. The molecule has 1 saturated heterocycles. The first-order chi connectivity index (χ1) is 16.0. The quantitative estimate of drug-likeness (QED) is 0.561. The lowest BCUT2D eigenvalue weighted by Gasteiger charge is -2.31. The summed E-state index contributed by atoms with van der Waals surface area (Å²) in [6, 6.07) is 3.84. The number of hydrogen-bond acceptors (Lipinski definition) is 5. The highest BCUT2D eigenvalue weighted by Gasteiger charge is 2.39. The number of carbonyl (C=O) groups excluding carboxylic acids is 2. The van der Waals surface area contributed by atoms with Crippen molar-refractivity contribution in [3.8, 4) is 0 Å². The number of nitrogens with zero attached hydrogens (tertiary/aromatic N) is 2. The fourth-order valence-electron chi connectivity index (χ4n) is 4.41. The third-order valence-corrected chi connectivity index (χ3v) is 8.38. The van der Waals surface area contributed by atoms with E-state index in [0.29, 0.717) is 36.5 Å². The van der Waals surface area contributed by atoms with Gasteiger partial charge >= 0.3 is 5.97 Å². The molecule has 11 heteroatoms. The molecular weight excluding hydrogens is 485 g/mol. The van der Waals surface area contributed by atoms with Crippen LogP contribution in [0, 0.1) is 25.6 Å². The van der Waals surface area contributed by atoms with Crippen LogP contribution in [-0.4, -0.2) is 48.9 Å². The molecule has 2 heterocycles. The zero-order valence-corrected chi connectivity index (χ0v) is 21.2. The molecule has 8 nitrogen and oxygen atoms in total. The number of esters is 1. The van der Waals surface area contributed by atoms with Crippen LogP contribution in [0.3, 0.4) is 0 Å². The van der Waals surface area contributed by atoms with Crippen molar-refractivity contribution in [2.75, 3.05) is 25.0 Å². The van der Waals surface area contributed by atoms with Crippen LogP contribution in [0.5, 0.6) is 0 Å². The molecule has 1 aromatic carbocycles. The molecule has 0 bridgehead atoms. The van der Waals surface area contributed by atoms with Crippen molar-refractivity contribution >= 4 is 39.2 Å². The molecule has 1 atom stereocenters. The SMILES string of the molecule is CCOC(=O)c1c(S(=O)(=O)N2CCC[C@@H](C(=O)Nc3ccc(F)c(Cl)c3)C2)c(C)n(CC)c1C. The summed E-state index contributed by atoms with van der Waals surface area (Å²) in [6.45, 7) is 7.69. The molecule has 0 unspecified atom stereocenters. The summed E-state index contributed by atoms with van der Waals surface area (Å²) in [7, 11) is -4.09. The molecule has 1 aliphatic rings. The summed E-state index contributed by atoms with van der Waals surface area (Å²) in [6.07, 6.45) is 0.967. The summed E-state index contributed by atoms with van der Waals surface area (Å²) >= 11 is 5.78. The smallest absolute Gasteiger partial charge is 0.341 e. The van der Waals surface area contributed by atoms with Gasteiger partial charge in [-0.05, 0) is 58.7 Å². The third kappa shape index (κ3) is 4.99. The van der Waals surface area contributed by atoms with Crippen LogP contribution in [0.15, 0.2) is 23.1 Å². The molecule has 186 valence electrons. The maximum Gasteiger partial charge on any atom is 0.341 e. The molecule has 1 aromatic heterocycles. The Balaban J connectivity index is 1.90. The Morgan fingerprint density at radius 2 is 1.94 bits per heavy atom. The van der Waals surface area contributed by atoms with Gasteiger partial charge in [-0.1, -0.05) is 11.6 Å². The van der Waals surface area contributed by atoms with E-state index in [4.69, 9.17) is 16.3 Å². The fraction of sp³-hybridized carbons (Fsp3) is 0.478. The average Bonchev–Trinajstić information content (AvgIpc) is 3.06. The van der Waals surface area contributed by atoms with Gasteiger partial charge in [0.1, 0.15) is 16.3 Å². The van der Waals surface area contributed by atoms with E-state index >= 15 is 0 Å². The summed E-state index contributed by atoms with van der Waals surface area (Å²) in [5, 5.41) is 2.56. The van der Waals surface area contributed by atoms with Gasteiger partial charge in [-0.2, -0.15) is 4.31 Å². The van der Waals surface area contributed by atoms with Gasteiger partial charge in [0.15, 0.2) is 0 Å². The van der Waals surface area contributed by atoms with Gasteiger partial charge in [-0.3, -0.25) is 4.79 Å².